The lowest BCUT2D eigenvalue weighted by Crippen LogP contribution is -2.33. The molecule has 1 atom stereocenters. The second-order valence-electron chi connectivity index (χ2n) is 7.31. The number of nitrogens with one attached hydrogen (secondary N) is 1. The number of nitrogens with zero attached hydrogens (tertiary/aromatic N) is 2. The third-order valence-electron chi connectivity index (χ3n) is 5.26. The van der Waals surface area contributed by atoms with Gasteiger partial charge in [0.25, 0.3) is 11.6 Å². The van der Waals surface area contributed by atoms with Crippen molar-refractivity contribution in [2.24, 2.45) is 0 Å². The molecule has 0 aliphatic rings. The smallest absolute Gasteiger partial charge is 0.331 e. The van der Waals surface area contributed by atoms with Gasteiger partial charge in [-0.3, -0.25) is 14.9 Å². The Balaban J connectivity index is 1.82. The number of aromatic nitrogens is 1. The summed E-state index contributed by atoms with van der Waals surface area (Å²) in [5.41, 5.74) is 2.80. The van der Waals surface area contributed by atoms with Crippen LogP contribution in [0.2, 0.25) is 0 Å². The van der Waals surface area contributed by atoms with Gasteiger partial charge in [-0.05, 0) is 36.8 Å². The van der Waals surface area contributed by atoms with Crippen molar-refractivity contribution in [2.75, 3.05) is 0 Å². The van der Waals surface area contributed by atoms with Crippen molar-refractivity contribution < 1.29 is 19.6 Å². The number of non-ortho nitro benzene ring substituents is 1. The van der Waals surface area contributed by atoms with Crippen LogP contribution < -0.4 is 5.32 Å². The number of carboxylic acid groups (broad SMARTS) is 1. The summed E-state index contributed by atoms with van der Waals surface area (Å²) in [6.07, 6.45) is 1.66. The first kappa shape index (κ1) is 20.8. The molecule has 0 saturated carbocycles. The fraction of sp³-hybridized carbons (Fsp3) is 0.0833. The Morgan fingerprint density at radius 3 is 2.38 bits per heavy atom. The van der Waals surface area contributed by atoms with E-state index in [4.69, 9.17) is 0 Å². The number of hydrogen-bond donors (Lipinski definition) is 2. The topological polar surface area (TPSA) is 114 Å². The third kappa shape index (κ3) is 3.81. The van der Waals surface area contributed by atoms with E-state index in [1.165, 1.54) is 12.1 Å². The number of nitro groups is 1. The number of aryl methyl sites for hydroxylation is 1. The second-order valence-corrected chi connectivity index (χ2v) is 7.31. The number of aliphatic carboxylic acids is 1. The molecule has 0 fully saturated rings. The lowest BCUT2D eigenvalue weighted by atomic mass is 10.1. The highest BCUT2D eigenvalue weighted by Gasteiger charge is 2.27. The highest BCUT2D eigenvalue weighted by molar-refractivity contribution is 5.98. The molecule has 0 saturated heterocycles. The number of para-hydroxylation sites is 1. The van der Waals surface area contributed by atoms with Gasteiger partial charge in [0.05, 0.1) is 10.4 Å². The van der Waals surface area contributed by atoms with E-state index in [2.05, 4.69) is 5.32 Å². The van der Waals surface area contributed by atoms with Crippen molar-refractivity contribution in [1.82, 2.24) is 9.88 Å². The molecule has 0 aliphatic heterocycles. The van der Waals surface area contributed by atoms with Crippen molar-refractivity contribution in [3.63, 3.8) is 0 Å². The zero-order chi connectivity index (χ0) is 22.8. The highest BCUT2D eigenvalue weighted by atomic mass is 16.6. The second kappa shape index (κ2) is 8.35. The number of hydrogen-bond acceptors (Lipinski definition) is 4. The van der Waals surface area contributed by atoms with E-state index >= 15 is 0 Å². The SMILES string of the molecule is Cc1cc([N+](=O)[O-])ccc1-n1cc(C(NC(=O)c2ccccc2)C(=O)O)c2ccccc21. The van der Waals surface area contributed by atoms with Crippen molar-refractivity contribution in [3.8, 4) is 5.69 Å². The average Bonchev–Trinajstić information content (AvgIpc) is 3.16. The molecule has 0 spiro atoms. The molecule has 1 heterocycles. The van der Waals surface area contributed by atoms with Crippen LogP contribution >= 0.6 is 0 Å². The molecule has 2 N–H and O–H groups in total. The third-order valence-corrected chi connectivity index (χ3v) is 5.26. The van der Waals surface area contributed by atoms with E-state index in [-0.39, 0.29) is 5.69 Å². The summed E-state index contributed by atoms with van der Waals surface area (Å²) >= 11 is 0. The maximum Gasteiger partial charge on any atom is 0.331 e. The summed E-state index contributed by atoms with van der Waals surface area (Å²) in [5.74, 6) is -1.70. The number of fused-ring (bicyclic) bond motifs is 1. The molecule has 32 heavy (non-hydrogen) atoms. The number of carbonyl (C=O) groups excluding carboxylic acids is 1. The van der Waals surface area contributed by atoms with Gasteiger partial charge in [0.15, 0.2) is 6.04 Å². The van der Waals surface area contributed by atoms with Crippen molar-refractivity contribution in [3.05, 3.63) is 106 Å². The summed E-state index contributed by atoms with van der Waals surface area (Å²) in [6, 6.07) is 18.8. The Kier molecular flexibility index (Phi) is 5.43. The minimum atomic E-state index is -1.28. The van der Waals surface area contributed by atoms with Crippen molar-refractivity contribution >= 4 is 28.5 Å². The molecule has 3 aromatic carbocycles. The van der Waals surface area contributed by atoms with Crippen molar-refractivity contribution in [2.45, 2.75) is 13.0 Å². The Bertz CT molecular complexity index is 1340. The maximum atomic E-state index is 12.7. The van der Waals surface area contributed by atoms with Gasteiger partial charge >= 0.3 is 5.97 Å². The van der Waals surface area contributed by atoms with Crippen LogP contribution in [-0.2, 0) is 4.79 Å². The molecule has 0 radical (unpaired) electrons. The maximum absolute atomic E-state index is 12.7. The molecule has 8 nitrogen and oxygen atoms in total. The number of benzene rings is 3. The Hall–Kier alpha value is -4.46. The van der Waals surface area contributed by atoms with Crippen molar-refractivity contribution in [1.29, 1.82) is 0 Å². The van der Waals surface area contributed by atoms with Crippen LogP contribution in [0, 0.1) is 17.0 Å². The van der Waals surface area contributed by atoms with E-state index in [0.29, 0.717) is 27.8 Å². The van der Waals surface area contributed by atoms with Crippen LogP contribution in [0.5, 0.6) is 0 Å². The fourth-order valence-electron chi connectivity index (χ4n) is 3.74. The molecule has 8 heteroatoms. The molecule has 1 aromatic heterocycles. The van der Waals surface area contributed by atoms with E-state index in [1.807, 2.05) is 12.1 Å². The van der Waals surface area contributed by atoms with Crippen LogP contribution in [0.3, 0.4) is 0 Å². The van der Waals surface area contributed by atoms with E-state index in [9.17, 15) is 24.8 Å². The minimum Gasteiger partial charge on any atom is -0.479 e. The Labute approximate surface area is 182 Å². The average molecular weight is 429 g/mol. The number of carbonyl (C=O) groups is 2. The molecule has 0 bridgehead atoms. The first-order valence-electron chi connectivity index (χ1n) is 9.81. The molecule has 1 unspecified atom stereocenters. The van der Waals surface area contributed by atoms with Gasteiger partial charge in [-0.2, -0.15) is 0 Å². The predicted molar refractivity (Wildman–Crippen MR) is 119 cm³/mol. The molecule has 4 aromatic rings. The lowest BCUT2D eigenvalue weighted by molar-refractivity contribution is -0.384. The molecule has 1 amide bonds. The van der Waals surface area contributed by atoms with Crippen LogP contribution in [-0.4, -0.2) is 26.5 Å². The van der Waals surface area contributed by atoms with Gasteiger partial charge in [0.2, 0.25) is 0 Å². The van der Waals surface area contributed by atoms with Crippen LogP contribution in [0.15, 0.2) is 79.0 Å². The van der Waals surface area contributed by atoms with Gasteiger partial charge < -0.3 is 15.0 Å². The van der Waals surface area contributed by atoms with Crippen LogP contribution in [0.25, 0.3) is 16.6 Å². The Morgan fingerprint density at radius 2 is 1.72 bits per heavy atom. The predicted octanol–water partition coefficient (Wildman–Crippen LogP) is 4.40. The number of carboxylic acids is 1. The van der Waals surface area contributed by atoms with Gasteiger partial charge in [0, 0.05) is 40.5 Å². The van der Waals surface area contributed by atoms with E-state index < -0.39 is 22.8 Å². The zero-order valence-corrected chi connectivity index (χ0v) is 17.1. The normalized spacial score (nSPS) is 11.8. The number of rotatable bonds is 6. The molecular weight excluding hydrogens is 410 g/mol. The van der Waals surface area contributed by atoms with Gasteiger partial charge in [-0.1, -0.05) is 36.4 Å². The standard InChI is InChI=1S/C24H19N3O5/c1-15-13-17(27(31)32)11-12-20(15)26-14-19(18-9-5-6-10-21(18)26)22(24(29)30)25-23(28)16-7-3-2-4-8-16/h2-14,22H,1H3,(H,25,28)(H,29,30). The summed E-state index contributed by atoms with van der Waals surface area (Å²) in [4.78, 5) is 35.4. The summed E-state index contributed by atoms with van der Waals surface area (Å²) in [6.45, 7) is 1.75. The first-order chi connectivity index (χ1) is 15.4. The van der Waals surface area contributed by atoms with Gasteiger partial charge in [-0.15, -0.1) is 0 Å². The quantitative estimate of drug-likeness (QED) is 0.348. The molecular formula is C24H19N3O5. The van der Waals surface area contributed by atoms with Crippen LogP contribution in [0.1, 0.15) is 27.5 Å². The van der Waals surface area contributed by atoms with Crippen LogP contribution in [0.4, 0.5) is 5.69 Å². The molecule has 160 valence electrons. The van der Waals surface area contributed by atoms with E-state index in [1.54, 1.807) is 66.2 Å². The van der Waals surface area contributed by atoms with Gasteiger partial charge in [-0.25, -0.2) is 4.79 Å². The highest BCUT2D eigenvalue weighted by Crippen LogP contribution is 2.31. The zero-order valence-electron chi connectivity index (χ0n) is 17.1. The summed E-state index contributed by atoms with van der Waals surface area (Å²) in [5, 5.41) is 24.3. The number of amides is 1. The molecule has 0 aliphatic carbocycles. The van der Waals surface area contributed by atoms with Gasteiger partial charge in [0.1, 0.15) is 0 Å². The first-order valence-corrected chi connectivity index (χ1v) is 9.81. The summed E-state index contributed by atoms with van der Waals surface area (Å²) < 4.78 is 1.79. The van der Waals surface area contributed by atoms with E-state index in [0.717, 1.165) is 5.52 Å². The summed E-state index contributed by atoms with van der Waals surface area (Å²) in [7, 11) is 0. The fourth-order valence-corrected chi connectivity index (χ4v) is 3.74. The minimum absolute atomic E-state index is 0.0264. The number of nitro benzene ring substituents is 1. The lowest BCUT2D eigenvalue weighted by Gasteiger charge is -2.14. The monoisotopic (exact) mass is 429 g/mol. The Morgan fingerprint density at radius 1 is 1.03 bits per heavy atom. The molecule has 4 rings (SSSR count). The largest absolute Gasteiger partial charge is 0.479 e.